The van der Waals surface area contributed by atoms with Crippen molar-refractivity contribution in [2.24, 2.45) is 17.5 Å². The Hall–Kier alpha value is -1.85. The number of aromatic nitrogens is 2. The average Bonchev–Trinajstić information content (AvgIpc) is 2.40. The number of anilines is 2. The van der Waals surface area contributed by atoms with Gasteiger partial charge in [-0.15, -0.1) is 0 Å². The van der Waals surface area contributed by atoms with E-state index in [-0.39, 0.29) is 17.1 Å². The van der Waals surface area contributed by atoms with Crippen LogP contribution in [-0.2, 0) is 0 Å². The van der Waals surface area contributed by atoms with Gasteiger partial charge in [0.1, 0.15) is 5.82 Å². The molecule has 0 radical (unpaired) electrons. The molecule has 4 N–H and O–H groups in total. The van der Waals surface area contributed by atoms with Crippen molar-refractivity contribution in [1.29, 1.82) is 0 Å². The van der Waals surface area contributed by atoms with Gasteiger partial charge in [0.25, 0.3) is 5.91 Å². The lowest BCUT2D eigenvalue weighted by Crippen LogP contribution is -2.32. The van der Waals surface area contributed by atoms with Crippen LogP contribution >= 0.6 is 0 Å². The van der Waals surface area contributed by atoms with Crippen molar-refractivity contribution in [3.63, 3.8) is 0 Å². The first-order chi connectivity index (χ1) is 11.0. The Balaban J connectivity index is 2.23. The van der Waals surface area contributed by atoms with Crippen LogP contribution in [0.15, 0.2) is 6.20 Å². The van der Waals surface area contributed by atoms with E-state index in [1.807, 2.05) is 27.7 Å². The summed E-state index contributed by atoms with van der Waals surface area (Å²) in [5.74, 6) is 0.210. The number of hydrogen-bond donors (Lipinski definition) is 3. The Morgan fingerprint density at radius 1 is 1.39 bits per heavy atom. The first-order valence-electron chi connectivity index (χ1n) is 8.69. The molecule has 6 heteroatoms. The lowest BCUT2D eigenvalue weighted by Gasteiger charge is -2.33. The molecule has 1 fully saturated rings. The summed E-state index contributed by atoms with van der Waals surface area (Å²) in [5.41, 5.74) is 5.54. The summed E-state index contributed by atoms with van der Waals surface area (Å²) in [4.78, 5) is 20.3. The van der Waals surface area contributed by atoms with E-state index in [9.17, 15) is 4.79 Å². The summed E-state index contributed by atoms with van der Waals surface area (Å²) in [6.07, 6.45) is 4.08. The molecule has 0 spiro atoms. The first kappa shape index (κ1) is 16.0. The Bertz CT molecular complexity index is 611. The molecule has 0 unspecified atom stereocenters. The first-order valence-corrected chi connectivity index (χ1v) is 8.19. The fourth-order valence-corrected chi connectivity index (χ4v) is 2.77. The molecule has 0 bridgehead atoms. The highest BCUT2D eigenvalue weighted by Crippen LogP contribution is 2.31. The van der Waals surface area contributed by atoms with Crippen LogP contribution in [0.3, 0.4) is 0 Å². The van der Waals surface area contributed by atoms with E-state index in [1.54, 1.807) is 0 Å². The fourth-order valence-electron chi connectivity index (χ4n) is 2.77. The molecule has 0 aliphatic heterocycles. The van der Waals surface area contributed by atoms with Crippen LogP contribution in [0.25, 0.3) is 0 Å². The lowest BCUT2D eigenvalue weighted by molar-refractivity contribution is 0.100. The summed E-state index contributed by atoms with van der Waals surface area (Å²) in [6, 6.07) is 0.0965. The number of hydrogen-bond acceptors (Lipinski definition) is 5. The Labute approximate surface area is 140 Å². The van der Waals surface area contributed by atoms with E-state index in [2.05, 4.69) is 27.5 Å². The molecule has 1 heterocycles. The predicted octanol–water partition coefficient (Wildman–Crippen LogP) is 3.02. The maximum Gasteiger partial charge on any atom is 0.254 e. The van der Waals surface area contributed by atoms with Crippen LogP contribution in [0.1, 0.15) is 65.6 Å². The van der Waals surface area contributed by atoms with Gasteiger partial charge in [-0.1, -0.05) is 13.8 Å². The summed E-state index contributed by atoms with van der Waals surface area (Å²) < 4.78 is 8.45. The minimum Gasteiger partial charge on any atom is -0.366 e. The van der Waals surface area contributed by atoms with Crippen LogP contribution < -0.4 is 16.4 Å². The number of nitrogens with zero attached hydrogens (tertiary/aromatic N) is 2. The maximum atomic E-state index is 11.7. The molecular weight excluding hydrogens is 290 g/mol. The number of primary amides is 1. The predicted molar refractivity (Wildman–Crippen MR) is 93.5 cm³/mol. The zero-order valence-electron chi connectivity index (χ0n) is 15.7. The van der Waals surface area contributed by atoms with Crippen LogP contribution in [0.5, 0.6) is 0 Å². The highest BCUT2D eigenvalue weighted by Gasteiger charge is 2.26. The van der Waals surface area contributed by atoms with Crippen molar-refractivity contribution in [2.75, 3.05) is 10.6 Å². The minimum atomic E-state index is -0.558. The molecule has 0 saturated heterocycles. The minimum absolute atomic E-state index is 0.0965. The number of carbonyl (C=O) groups is 1. The molecule has 1 amide bonds. The van der Waals surface area contributed by atoms with Gasteiger partial charge in [0, 0.05) is 19.1 Å². The van der Waals surface area contributed by atoms with E-state index < -0.39 is 11.8 Å². The average molecular weight is 320 g/mol. The van der Waals surface area contributed by atoms with E-state index in [1.165, 1.54) is 6.20 Å². The highest BCUT2D eigenvalue weighted by molar-refractivity contribution is 5.97. The van der Waals surface area contributed by atoms with Crippen LogP contribution in [0.2, 0.25) is 0 Å². The van der Waals surface area contributed by atoms with Gasteiger partial charge in [-0.3, -0.25) is 4.79 Å². The number of nitrogens with two attached hydrogens (primary N) is 1. The molecule has 1 saturated carbocycles. The molecule has 1 aliphatic carbocycles. The fraction of sp³-hybridized carbons (Fsp3) is 0.706. The van der Waals surface area contributed by atoms with Crippen molar-refractivity contribution in [3.8, 4) is 0 Å². The highest BCUT2D eigenvalue weighted by atomic mass is 16.1. The summed E-state index contributed by atoms with van der Waals surface area (Å²) in [5, 5.41) is 6.52. The monoisotopic (exact) mass is 320 g/mol. The standard InChI is InChI=1S/C17H29N5O/c1-10-6-7-12(8-11(10)2)20-15-13(14(18)23)9-19-16(21-15)22-17(3,4)5/h9-12H,6-8H2,1-5H3,(H2,18,23)(H2,19,20,21,22)/t10-,11-,12-/m1/s1/i11D. The van der Waals surface area contributed by atoms with Crippen LogP contribution in [0.4, 0.5) is 11.8 Å². The zero-order chi connectivity index (χ0) is 18.1. The van der Waals surface area contributed by atoms with Crippen LogP contribution in [0, 0.1) is 11.8 Å². The normalized spacial score (nSPS) is 28.8. The molecule has 1 aliphatic rings. The molecule has 1 aromatic heterocycles. The Morgan fingerprint density at radius 2 is 2.09 bits per heavy atom. The molecule has 23 heavy (non-hydrogen) atoms. The topological polar surface area (TPSA) is 92.9 Å². The molecule has 3 atom stereocenters. The van der Waals surface area contributed by atoms with E-state index in [4.69, 9.17) is 7.10 Å². The Kier molecular flexibility index (Phi) is 4.68. The zero-order valence-corrected chi connectivity index (χ0v) is 14.7. The third-order valence-electron chi connectivity index (χ3n) is 4.24. The molecule has 2 rings (SSSR count). The second-order valence-corrected chi connectivity index (χ2v) is 7.57. The van der Waals surface area contributed by atoms with Crippen molar-refractivity contribution < 1.29 is 6.17 Å². The molecule has 128 valence electrons. The smallest absolute Gasteiger partial charge is 0.254 e. The SMILES string of the molecule is [2H][C@@]1(C)C[C@H](Nc2nc(NC(C)(C)C)ncc2C(N)=O)CC[C@H]1C. The van der Waals surface area contributed by atoms with Crippen molar-refractivity contribution >= 4 is 17.7 Å². The van der Waals surface area contributed by atoms with Gasteiger partial charge in [0.2, 0.25) is 5.95 Å². The number of nitrogens with one attached hydrogen (secondary N) is 2. The maximum absolute atomic E-state index is 11.7. The van der Waals surface area contributed by atoms with E-state index in [0.717, 1.165) is 12.8 Å². The third kappa shape index (κ3) is 4.81. The second kappa shape index (κ2) is 6.72. The molecule has 1 aromatic rings. The van der Waals surface area contributed by atoms with Gasteiger partial charge in [-0.05, 0) is 51.8 Å². The van der Waals surface area contributed by atoms with Gasteiger partial charge in [0.05, 0.1) is 5.56 Å². The molecule has 6 nitrogen and oxygen atoms in total. The number of carbonyl (C=O) groups excluding carboxylic acids is 1. The van der Waals surface area contributed by atoms with Gasteiger partial charge >= 0.3 is 0 Å². The van der Waals surface area contributed by atoms with E-state index >= 15 is 0 Å². The molecule has 0 aromatic carbocycles. The van der Waals surface area contributed by atoms with Crippen molar-refractivity contribution in [1.82, 2.24) is 9.97 Å². The summed E-state index contributed by atoms with van der Waals surface area (Å²) in [7, 11) is 0. The van der Waals surface area contributed by atoms with Gasteiger partial charge < -0.3 is 16.4 Å². The summed E-state index contributed by atoms with van der Waals surface area (Å²) >= 11 is 0. The number of amides is 1. The Morgan fingerprint density at radius 3 is 2.65 bits per heavy atom. The van der Waals surface area contributed by atoms with E-state index in [0.29, 0.717) is 24.1 Å². The van der Waals surface area contributed by atoms with Crippen LogP contribution in [-0.4, -0.2) is 27.5 Å². The van der Waals surface area contributed by atoms with Gasteiger partial charge in [-0.25, -0.2) is 4.98 Å². The second-order valence-electron chi connectivity index (χ2n) is 7.57. The summed E-state index contributed by atoms with van der Waals surface area (Å²) in [6.45, 7) is 10.1. The number of rotatable bonds is 4. The van der Waals surface area contributed by atoms with Crippen molar-refractivity contribution in [3.05, 3.63) is 11.8 Å². The van der Waals surface area contributed by atoms with Gasteiger partial charge in [-0.2, -0.15) is 4.98 Å². The molecular formula is C17H29N5O. The van der Waals surface area contributed by atoms with Crippen molar-refractivity contribution in [2.45, 2.75) is 65.5 Å². The third-order valence-corrected chi connectivity index (χ3v) is 4.24. The quantitative estimate of drug-likeness (QED) is 0.793. The largest absolute Gasteiger partial charge is 0.366 e. The lowest BCUT2D eigenvalue weighted by atomic mass is 9.79. The van der Waals surface area contributed by atoms with Gasteiger partial charge in [0.15, 0.2) is 0 Å².